The summed E-state index contributed by atoms with van der Waals surface area (Å²) in [7, 11) is -4.60. The summed E-state index contributed by atoms with van der Waals surface area (Å²) in [4.78, 5) is 105. The van der Waals surface area contributed by atoms with Crippen molar-refractivity contribution in [3.63, 3.8) is 0 Å². The van der Waals surface area contributed by atoms with Crippen LogP contribution in [0, 0.1) is 5.92 Å². The summed E-state index contributed by atoms with van der Waals surface area (Å²) in [6, 6.07) is 3.68. The Bertz CT molecular complexity index is 1810. The first-order chi connectivity index (χ1) is 28.0. The lowest BCUT2D eigenvalue weighted by Crippen LogP contribution is -2.60. The molecule has 0 radical (unpaired) electrons. The molecule has 326 valence electrons. The van der Waals surface area contributed by atoms with Gasteiger partial charge in [-0.1, -0.05) is 62.9 Å². The molecule has 6 amide bonds. The number of nitrogens with two attached hydrogens (primary N) is 1. The van der Waals surface area contributed by atoms with Gasteiger partial charge in [0, 0.05) is 44.4 Å². The highest BCUT2D eigenvalue weighted by Gasteiger charge is 2.46. The van der Waals surface area contributed by atoms with E-state index in [1.54, 1.807) is 19.4 Å². The Balaban J connectivity index is 1.47. The van der Waals surface area contributed by atoms with Crippen LogP contribution >= 0.6 is 7.60 Å². The SMILES string of the molecule is CC(=O)N1CCC[C@H]1C(=O)N[C@H]1CC(C)N([C@@H](Cc2cncn2CCCCCCCCc2ccccc2)C(=O)N[C@@H](CO)C(=O)N[C@@H](C(N)=O)[C@H](C)CP(=O)(O)O)C1=O. The topological polar surface area (TPSA) is 267 Å². The number of aliphatic hydroxyl groups is 1. The zero-order chi connectivity index (χ0) is 43.3. The maximum absolute atomic E-state index is 14.3. The molecule has 7 atom stereocenters. The molecule has 0 saturated carbocycles. The fourth-order valence-corrected chi connectivity index (χ4v) is 9.07. The standard InChI is InChI=1S/C40H61N8O10P/c1-26(24-59(56,57)58)35(36(41)51)45-37(52)32(23-49)44-39(54)34(48-27(2)20-31(40(48)55)43-38(53)33-17-13-19-47(33)28(3)50)21-30-22-42-25-46(30)18-12-7-5-4-6-9-14-29-15-10-8-11-16-29/h8,10-11,15-16,22,25-27,31-35,49H,4-7,9,12-14,17-21,23-24H2,1-3H3,(H2,41,51)(H,43,53)(H,44,54)(H,45,52)(H2,56,57,58)/t26-,27?,31+,32+,33+,34+,35-/m1/s1. The molecule has 0 aliphatic carbocycles. The largest absolute Gasteiger partial charge is 0.394 e. The normalized spacial score (nSPS) is 20.2. The van der Waals surface area contributed by atoms with Crippen molar-refractivity contribution in [2.24, 2.45) is 11.7 Å². The number of benzene rings is 1. The number of likely N-dealkylation sites (tertiary alicyclic amines) is 2. The molecule has 2 aliphatic rings. The molecule has 2 aliphatic heterocycles. The van der Waals surface area contributed by atoms with E-state index in [4.69, 9.17) is 5.73 Å². The summed E-state index contributed by atoms with van der Waals surface area (Å²) in [5, 5.41) is 17.8. The number of amides is 6. The predicted octanol–water partition coefficient (Wildman–Crippen LogP) is 0.755. The van der Waals surface area contributed by atoms with E-state index in [0.717, 1.165) is 44.9 Å². The summed E-state index contributed by atoms with van der Waals surface area (Å²) >= 11 is 0. The van der Waals surface area contributed by atoms with Gasteiger partial charge in [0.1, 0.15) is 30.2 Å². The number of hydrogen-bond donors (Lipinski definition) is 7. The average molecular weight is 845 g/mol. The third kappa shape index (κ3) is 13.7. The van der Waals surface area contributed by atoms with Crippen LogP contribution in [-0.4, -0.2) is 125 Å². The van der Waals surface area contributed by atoms with E-state index in [-0.39, 0.29) is 18.7 Å². The van der Waals surface area contributed by atoms with Gasteiger partial charge >= 0.3 is 7.60 Å². The Morgan fingerprint density at radius 3 is 2.32 bits per heavy atom. The molecule has 19 heteroatoms. The zero-order valence-electron chi connectivity index (χ0n) is 34.2. The Labute approximate surface area is 345 Å². The van der Waals surface area contributed by atoms with Crippen molar-refractivity contribution in [3.8, 4) is 0 Å². The van der Waals surface area contributed by atoms with Crippen molar-refractivity contribution in [1.82, 2.24) is 35.3 Å². The number of nitrogens with one attached hydrogen (secondary N) is 3. The van der Waals surface area contributed by atoms with Crippen molar-refractivity contribution in [2.45, 2.75) is 134 Å². The van der Waals surface area contributed by atoms with E-state index >= 15 is 0 Å². The van der Waals surface area contributed by atoms with Crippen molar-refractivity contribution in [3.05, 3.63) is 54.1 Å². The lowest BCUT2D eigenvalue weighted by atomic mass is 10.0. The summed E-state index contributed by atoms with van der Waals surface area (Å²) < 4.78 is 13.5. The van der Waals surface area contributed by atoms with E-state index in [1.165, 1.54) is 29.2 Å². The lowest BCUT2D eigenvalue weighted by molar-refractivity contribution is -0.142. The van der Waals surface area contributed by atoms with E-state index in [2.05, 4.69) is 33.1 Å². The molecule has 0 bridgehead atoms. The van der Waals surface area contributed by atoms with Crippen molar-refractivity contribution in [2.75, 3.05) is 19.3 Å². The second-order valence-corrected chi connectivity index (χ2v) is 17.6. The maximum atomic E-state index is 14.3. The van der Waals surface area contributed by atoms with Gasteiger partial charge in [-0.3, -0.25) is 33.3 Å². The first-order valence-electron chi connectivity index (χ1n) is 20.5. The van der Waals surface area contributed by atoms with Gasteiger partial charge < -0.3 is 50.9 Å². The molecule has 59 heavy (non-hydrogen) atoms. The van der Waals surface area contributed by atoms with Gasteiger partial charge in [-0.05, 0) is 56.9 Å². The number of hydrogen-bond acceptors (Lipinski definition) is 9. The van der Waals surface area contributed by atoms with E-state index in [1.807, 2.05) is 22.8 Å². The second kappa shape index (κ2) is 22.1. The Morgan fingerprint density at radius 2 is 1.68 bits per heavy atom. The number of carbonyl (C=O) groups excluding carboxylic acids is 6. The monoisotopic (exact) mass is 844 g/mol. The van der Waals surface area contributed by atoms with Gasteiger partial charge in [0.05, 0.1) is 19.1 Å². The average Bonchev–Trinajstić information content (AvgIpc) is 3.91. The summed E-state index contributed by atoms with van der Waals surface area (Å²) in [6.07, 6.45) is 11.0. The highest BCUT2D eigenvalue weighted by Crippen LogP contribution is 2.37. The smallest absolute Gasteiger partial charge is 0.325 e. The Morgan fingerprint density at radius 1 is 1.00 bits per heavy atom. The molecule has 2 aromatic rings. The summed E-state index contributed by atoms with van der Waals surface area (Å²) in [5.41, 5.74) is 7.41. The van der Waals surface area contributed by atoms with E-state index < -0.39 is 92.1 Å². The molecule has 2 fully saturated rings. The molecule has 1 unspecified atom stereocenters. The number of rotatable bonds is 23. The lowest BCUT2D eigenvalue weighted by Gasteiger charge is -2.32. The van der Waals surface area contributed by atoms with Gasteiger partial charge in [0.15, 0.2) is 0 Å². The third-order valence-corrected chi connectivity index (χ3v) is 12.2. The van der Waals surface area contributed by atoms with Gasteiger partial charge in [-0.2, -0.15) is 0 Å². The molecular formula is C40H61N8O10P. The van der Waals surface area contributed by atoms with E-state index in [9.17, 15) is 48.2 Å². The van der Waals surface area contributed by atoms with Crippen LogP contribution in [-0.2, 0) is 52.7 Å². The van der Waals surface area contributed by atoms with Crippen LogP contribution in [0.3, 0.4) is 0 Å². The fraction of sp³-hybridized carbons (Fsp3) is 0.625. The molecule has 1 aromatic carbocycles. The van der Waals surface area contributed by atoms with Crippen molar-refractivity contribution >= 4 is 43.0 Å². The molecule has 3 heterocycles. The molecule has 4 rings (SSSR count). The number of primary amides is 1. The summed E-state index contributed by atoms with van der Waals surface area (Å²) in [6.45, 7) is 4.54. The van der Waals surface area contributed by atoms with E-state index in [0.29, 0.717) is 31.6 Å². The van der Waals surface area contributed by atoms with Gasteiger partial charge in [-0.25, -0.2) is 4.98 Å². The quantitative estimate of drug-likeness (QED) is 0.0606. The third-order valence-electron chi connectivity index (χ3n) is 11.2. The second-order valence-electron chi connectivity index (χ2n) is 15.9. The molecule has 18 nitrogen and oxygen atoms in total. The van der Waals surface area contributed by atoms with Crippen LogP contribution in [0.25, 0.3) is 0 Å². The van der Waals surface area contributed by atoms with Crippen LogP contribution in [0.1, 0.15) is 89.8 Å². The number of aryl methyl sites for hydroxylation is 2. The first-order valence-corrected chi connectivity index (χ1v) is 22.3. The minimum Gasteiger partial charge on any atom is -0.394 e. The minimum atomic E-state index is -4.60. The zero-order valence-corrected chi connectivity index (χ0v) is 35.1. The van der Waals surface area contributed by atoms with Crippen LogP contribution < -0.4 is 21.7 Å². The van der Waals surface area contributed by atoms with Crippen LogP contribution in [0.2, 0.25) is 0 Å². The first kappa shape index (κ1) is 47.0. The van der Waals surface area contributed by atoms with Crippen LogP contribution in [0.5, 0.6) is 0 Å². The predicted molar refractivity (Wildman–Crippen MR) is 217 cm³/mol. The Hall–Kier alpha value is -4.64. The number of aromatic nitrogens is 2. The minimum absolute atomic E-state index is 0.0359. The van der Waals surface area contributed by atoms with Gasteiger partial charge in [0.2, 0.25) is 35.4 Å². The molecule has 0 spiro atoms. The Kier molecular flexibility index (Phi) is 17.6. The fourth-order valence-electron chi connectivity index (χ4n) is 8.11. The number of nitrogens with zero attached hydrogens (tertiary/aromatic N) is 4. The highest BCUT2D eigenvalue weighted by molar-refractivity contribution is 7.51. The molecule has 8 N–H and O–H groups in total. The number of carbonyl (C=O) groups is 6. The van der Waals surface area contributed by atoms with Crippen LogP contribution in [0.4, 0.5) is 0 Å². The van der Waals surface area contributed by atoms with Gasteiger partial charge in [-0.15, -0.1) is 0 Å². The molecular weight excluding hydrogens is 783 g/mol. The van der Waals surface area contributed by atoms with Crippen molar-refractivity contribution < 1.29 is 48.2 Å². The maximum Gasteiger partial charge on any atom is 0.325 e. The number of aliphatic hydroxyl groups excluding tert-OH is 1. The van der Waals surface area contributed by atoms with Crippen LogP contribution in [0.15, 0.2) is 42.9 Å². The summed E-state index contributed by atoms with van der Waals surface area (Å²) in [5.74, 6) is -5.28. The molecule has 2 saturated heterocycles. The number of unbranched alkanes of at least 4 members (excludes halogenated alkanes) is 5. The van der Waals surface area contributed by atoms with Gasteiger partial charge in [0.25, 0.3) is 0 Å². The van der Waals surface area contributed by atoms with Crippen molar-refractivity contribution in [1.29, 1.82) is 0 Å². The molecule has 1 aromatic heterocycles. The highest BCUT2D eigenvalue weighted by atomic mass is 31.2. The number of imidazole rings is 1.